The highest BCUT2D eigenvalue weighted by Gasteiger charge is 2.16. The molecule has 0 fully saturated rings. The van der Waals surface area contributed by atoms with Gasteiger partial charge in [0.2, 0.25) is 0 Å². The lowest BCUT2D eigenvalue weighted by Gasteiger charge is -2.13. The number of amides is 1. The average Bonchev–Trinajstić information content (AvgIpc) is 2.83. The minimum atomic E-state index is -3.25. The zero-order valence-electron chi connectivity index (χ0n) is 11.3. The Hall–Kier alpha value is -1.73. The molecule has 106 valence electrons. The fraction of sp³-hybridized carbons (Fsp3) is 0.231. The van der Waals surface area contributed by atoms with Gasteiger partial charge in [-0.05, 0) is 31.2 Å². The Kier molecular flexibility index (Phi) is 3.92. The number of carbonyl (C=O) groups is 1. The number of aryl methyl sites for hydroxylation is 1. The molecular formula is C13H14N2O3S2. The summed E-state index contributed by atoms with van der Waals surface area (Å²) in [5.41, 5.74) is 1.28. The molecule has 1 amide bonds. The normalized spacial score (nSPS) is 11.3. The van der Waals surface area contributed by atoms with Gasteiger partial charge < -0.3 is 0 Å². The zero-order chi connectivity index (χ0) is 14.9. The second-order valence-corrected chi connectivity index (χ2v) is 7.28. The predicted octanol–water partition coefficient (Wildman–Crippen LogP) is 2.13. The molecule has 1 aromatic heterocycles. The second-order valence-electron chi connectivity index (χ2n) is 4.43. The first kappa shape index (κ1) is 14.7. The second kappa shape index (κ2) is 5.34. The molecule has 2 rings (SSSR count). The van der Waals surface area contributed by atoms with Crippen LogP contribution in [0.1, 0.15) is 16.1 Å². The minimum absolute atomic E-state index is 0.196. The molecule has 0 radical (unpaired) electrons. The third kappa shape index (κ3) is 3.05. The number of rotatable bonds is 3. The van der Waals surface area contributed by atoms with Crippen LogP contribution in [0.3, 0.4) is 0 Å². The molecule has 20 heavy (non-hydrogen) atoms. The van der Waals surface area contributed by atoms with Gasteiger partial charge in [0.15, 0.2) is 15.0 Å². The highest BCUT2D eigenvalue weighted by Crippen LogP contribution is 2.21. The summed E-state index contributed by atoms with van der Waals surface area (Å²) in [6.45, 7) is 1.86. The number of hydrogen-bond acceptors (Lipinski definition) is 5. The number of benzene rings is 1. The van der Waals surface area contributed by atoms with Gasteiger partial charge in [-0.1, -0.05) is 0 Å². The number of carbonyl (C=O) groups excluding carboxylic acids is 1. The lowest BCUT2D eigenvalue weighted by atomic mass is 10.2. The van der Waals surface area contributed by atoms with Crippen molar-refractivity contribution in [3.8, 4) is 0 Å². The SMILES string of the molecule is Cc1csc(N(C)C(=O)c2ccc(S(C)(=O)=O)cc2)n1. The van der Waals surface area contributed by atoms with E-state index in [1.54, 1.807) is 7.05 Å². The molecule has 1 aromatic carbocycles. The van der Waals surface area contributed by atoms with Crippen molar-refractivity contribution in [2.24, 2.45) is 0 Å². The van der Waals surface area contributed by atoms with Crippen molar-refractivity contribution in [1.82, 2.24) is 4.98 Å². The molecule has 0 atom stereocenters. The number of sulfone groups is 1. The molecule has 0 aliphatic rings. The van der Waals surface area contributed by atoms with E-state index in [0.717, 1.165) is 11.9 Å². The first-order valence-corrected chi connectivity index (χ1v) is 8.56. The first-order valence-electron chi connectivity index (χ1n) is 5.79. The van der Waals surface area contributed by atoms with Gasteiger partial charge in [0, 0.05) is 24.2 Å². The zero-order valence-corrected chi connectivity index (χ0v) is 13.0. The highest BCUT2D eigenvalue weighted by atomic mass is 32.2. The maximum absolute atomic E-state index is 12.3. The molecule has 0 aliphatic carbocycles. The first-order chi connectivity index (χ1) is 9.29. The van der Waals surface area contributed by atoms with Gasteiger partial charge in [-0.15, -0.1) is 11.3 Å². The summed E-state index contributed by atoms with van der Waals surface area (Å²) >= 11 is 1.39. The third-order valence-corrected chi connectivity index (χ3v) is 4.89. The van der Waals surface area contributed by atoms with Gasteiger partial charge >= 0.3 is 0 Å². The maximum Gasteiger partial charge on any atom is 0.259 e. The van der Waals surface area contributed by atoms with Gasteiger partial charge in [0.25, 0.3) is 5.91 Å². The van der Waals surface area contributed by atoms with Crippen LogP contribution in [0.15, 0.2) is 34.5 Å². The largest absolute Gasteiger partial charge is 0.287 e. The molecule has 0 spiro atoms. The van der Waals surface area contributed by atoms with E-state index in [9.17, 15) is 13.2 Å². The average molecular weight is 310 g/mol. The van der Waals surface area contributed by atoms with E-state index in [-0.39, 0.29) is 10.8 Å². The Morgan fingerprint density at radius 3 is 2.30 bits per heavy atom. The van der Waals surface area contributed by atoms with Gasteiger partial charge in [-0.3, -0.25) is 9.69 Å². The topological polar surface area (TPSA) is 67.3 Å². The Morgan fingerprint density at radius 1 is 1.25 bits per heavy atom. The van der Waals surface area contributed by atoms with Crippen molar-refractivity contribution in [3.05, 3.63) is 40.9 Å². The molecule has 2 aromatic rings. The quantitative estimate of drug-likeness (QED) is 0.871. The van der Waals surface area contributed by atoms with Crippen LogP contribution in [0.2, 0.25) is 0 Å². The number of nitrogens with zero attached hydrogens (tertiary/aromatic N) is 2. The lowest BCUT2D eigenvalue weighted by molar-refractivity contribution is 0.0993. The van der Waals surface area contributed by atoms with Crippen LogP contribution in [0.25, 0.3) is 0 Å². The molecule has 1 heterocycles. The summed E-state index contributed by atoms with van der Waals surface area (Å²) in [6, 6.07) is 5.89. The molecule has 0 unspecified atom stereocenters. The Morgan fingerprint density at radius 2 is 1.85 bits per heavy atom. The van der Waals surface area contributed by atoms with Crippen LogP contribution >= 0.6 is 11.3 Å². The van der Waals surface area contributed by atoms with Crippen LogP contribution in [0.5, 0.6) is 0 Å². The summed E-state index contributed by atoms with van der Waals surface area (Å²) in [7, 11) is -1.61. The monoisotopic (exact) mass is 310 g/mol. The van der Waals surface area contributed by atoms with E-state index >= 15 is 0 Å². The number of anilines is 1. The molecule has 0 saturated carbocycles. The minimum Gasteiger partial charge on any atom is -0.287 e. The highest BCUT2D eigenvalue weighted by molar-refractivity contribution is 7.90. The summed E-state index contributed by atoms with van der Waals surface area (Å²) in [5, 5.41) is 2.48. The van der Waals surface area contributed by atoms with Crippen LogP contribution in [-0.4, -0.2) is 32.6 Å². The molecule has 0 aliphatic heterocycles. The molecular weight excluding hydrogens is 296 g/mol. The van der Waals surface area contributed by atoms with E-state index in [0.29, 0.717) is 10.7 Å². The molecule has 5 nitrogen and oxygen atoms in total. The Balaban J connectivity index is 2.25. The van der Waals surface area contributed by atoms with Crippen LogP contribution in [0, 0.1) is 6.92 Å². The predicted molar refractivity (Wildman–Crippen MR) is 79.1 cm³/mol. The van der Waals surface area contributed by atoms with Gasteiger partial charge in [0.1, 0.15) is 0 Å². The van der Waals surface area contributed by atoms with E-state index in [4.69, 9.17) is 0 Å². The van der Waals surface area contributed by atoms with E-state index in [1.807, 2.05) is 12.3 Å². The summed E-state index contributed by atoms with van der Waals surface area (Å²) in [4.78, 5) is 18.1. The maximum atomic E-state index is 12.3. The summed E-state index contributed by atoms with van der Waals surface area (Å²) < 4.78 is 22.7. The fourth-order valence-corrected chi connectivity index (χ4v) is 3.02. The van der Waals surface area contributed by atoms with Crippen molar-refractivity contribution in [1.29, 1.82) is 0 Å². The van der Waals surface area contributed by atoms with Crippen LogP contribution in [0.4, 0.5) is 5.13 Å². The van der Waals surface area contributed by atoms with Gasteiger partial charge in [-0.2, -0.15) is 0 Å². The number of aromatic nitrogens is 1. The standard InChI is InChI=1S/C13H14N2O3S2/c1-9-8-19-13(14-9)15(2)12(16)10-4-6-11(7-5-10)20(3,17)18/h4-8H,1-3H3. The number of hydrogen-bond donors (Lipinski definition) is 0. The van der Waals surface area contributed by atoms with Gasteiger partial charge in [0.05, 0.1) is 10.6 Å². The van der Waals surface area contributed by atoms with Crippen molar-refractivity contribution < 1.29 is 13.2 Å². The lowest BCUT2D eigenvalue weighted by Crippen LogP contribution is -2.26. The van der Waals surface area contributed by atoms with Crippen molar-refractivity contribution in [2.75, 3.05) is 18.2 Å². The van der Waals surface area contributed by atoms with Crippen molar-refractivity contribution >= 4 is 32.2 Å². The molecule has 0 N–H and O–H groups in total. The Labute approximate surface area is 121 Å². The van der Waals surface area contributed by atoms with E-state index in [1.165, 1.54) is 40.5 Å². The molecule has 0 bridgehead atoms. The smallest absolute Gasteiger partial charge is 0.259 e. The summed E-state index contributed by atoms with van der Waals surface area (Å²) in [6.07, 6.45) is 1.13. The number of thiazole rings is 1. The fourth-order valence-electron chi connectivity index (χ4n) is 1.62. The van der Waals surface area contributed by atoms with Crippen LogP contribution in [-0.2, 0) is 9.84 Å². The third-order valence-electron chi connectivity index (χ3n) is 2.73. The van der Waals surface area contributed by atoms with Crippen LogP contribution < -0.4 is 4.90 Å². The molecule has 0 saturated heterocycles. The van der Waals surface area contributed by atoms with Gasteiger partial charge in [-0.25, -0.2) is 13.4 Å². The summed E-state index contributed by atoms with van der Waals surface area (Å²) in [5.74, 6) is -0.223. The van der Waals surface area contributed by atoms with E-state index in [2.05, 4.69) is 4.98 Å². The Bertz CT molecular complexity index is 733. The molecule has 7 heteroatoms. The van der Waals surface area contributed by atoms with E-state index < -0.39 is 9.84 Å². The van der Waals surface area contributed by atoms with Crippen molar-refractivity contribution in [2.45, 2.75) is 11.8 Å². The van der Waals surface area contributed by atoms with Crippen molar-refractivity contribution in [3.63, 3.8) is 0 Å².